The van der Waals surface area contributed by atoms with E-state index in [2.05, 4.69) is 10.3 Å². The number of anilines is 1. The number of hydrogen-bond donors (Lipinski definition) is 3. The summed E-state index contributed by atoms with van der Waals surface area (Å²) in [6, 6.07) is 24.9. The SMILES string of the molecule is COc1ccc2cc(C(O)c3cccc(NC(=O)C(C=C(N)C(F)(F)F)=Nc4cccc(C#N)c4)c3)ccc2c1. The van der Waals surface area contributed by atoms with Crippen molar-refractivity contribution in [2.24, 2.45) is 10.7 Å². The van der Waals surface area contributed by atoms with E-state index in [1.54, 1.807) is 25.3 Å². The molecular formula is C30H23F3N4O3. The Morgan fingerprint density at radius 2 is 1.73 bits per heavy atom. The standard InChI is InChI=1S/C30H23F3N4O3/c1-40-25-11-10-19-13-22(9-8-20(19)15-25)28(38)21-5-3-7-24(14-21)37-29(39)26(16-27(35)30(31,32)33)36-23-6-2-4-18(12-23)17-34/h2-16,28,38H,35H2,1H3,(H,37,39). The first-order chi connectivity index (χ1) is 19.1. The molecule has 0 spiro atoms. The maximum absolute atomic E-state index is 13.1. The van der Waals surface area contributed by atoms with Crippen LogP contribution < -0.4 is 15.8 Å². The molecule has 0 radical (unpaired) electrons. The normalized spacial score (nSPS) is 13.0. The number of ether oxygens (including phenoxy) is 1. The van der Waals surface area contributed by atoms with Gasteiger partial charge in [0, 0.05) is 5.69 Å². The lowest BCUT2D eigenvalue weighted by molar-refractivity contribution is -0.110. The molecular weight excluding hydrogens is 521 g/mol. The molecule has 4 aromatic rings. The van der Waals surface area contributed by atoms with Gasteiger partial charge in [-0.3, -0.25) is 4.79 Å². The fourth-order valence-corrected chi connectivity index (χ4v) is 3.88. The van der Waals surface area contributed by atoms with Crippen molar-refractivity contribution >= 4 is 33.8 Å². The van der Waals surface area contributed by atoms with E-state index >= 15 is 0 Å². The van der Waals surface area contributed by atoms with Gasteiger partial charge in [-0.05, 0) is 76.5 Å². The summed E-state index contributed by atoms with van der Waals surface area (Å²) in [4.78, 5) is 17.0. The van der Waals surface area contributed by atoms with Crippen molar-refractivity contribution < 1.29 is 27.8 Å². The minimum absolute atomic E-state index is 0.0912. The fraction of sp³-hybridized carbons (Fsp3) is 0.100. The molecule has 1 unspecified atom stereocenters. The third-order valence-electron chi connectivity index (χ3n) is 5.92. The molecule has 7 nitrogen and oxygen atoms in total. The largest absolute Gasteiger partial charge is 0.497 e. The van der Waals surface area contributed by atoms with Gasteiger partial charge >= 0.3 is 6.18 Å². The van der Waals surface area contributed by atoms with E-state index in [0.717, 1.165) is 10.8 Å². The molecule has 1 atom stereocenters. The van der Waals surface area contributed by atoms with Crippen LogP contribution in [0, 0.1) is 11.3 Å². The Kier molecular flexibility index (Phi) is 8.17. The molecule has 4 aromatic carbocycles. The number of rotatable bonds is 7. The molecule has 4 N–H and O–H groups in total. The summed E-state index contributed by atoms with van der Waals surface area (Å²) in [5.74, 6) is -0.266. The van der Waals surface area contributed by atoms with Gasteiger partial charge in [-0.25, -0.2) is 4.99 Å². The number of aliphatic hydroxyl groups excluding tert-OH is 1. The second-order valence-electron chi connectivity index (χ2n) is 8.71. The van der Waals surface area contributed by atoms with Crippen molar-refractivity contribution in [1.82, 2.24) is 0 Å². The Morgan fingerprint density at radius 3 is 2.45 bits per heavy atom. The molecule has 0 heterocycles. The van der Waals surface area contributed by atoms with Crippen LogP contribution in [-0.4, -0.2) is 30.0 Å². The Hall–Kier alpha value is -5.14. The van der Waals surface area contributed by atoms with Crippen molar-refractivity contribution in [2.75, 3.05) is 12.4 Å². The highest BCUT2D eigenvalue weighted by Crippen LogP contribution is 2.29. The number of allylic oxidation sites excluding steroid dienone is 1. The maximum atomic E-state index is 13.1. The van der Waals surface area contributed by atoms with Crippen molar-refractivity contribution in [3.05, 3.63) is 113 Å². The zero-order chi connectivity index (χ0) is 28.9. The Bertz CT molecular complexity index is 1670. The van der Waals surface area contributed by atoms with Crippen molar-refractivity contribution in [3.8, 4) is 11.8 Å². The smallest absolute Gasteiger partial charge is 0.430 e. The summed E-state index contributed by atoms with van der Waals surface area (Å²) in [6.07, 6.45) is -5.51. The first-order valence-corrected chi connectivity index (χ1v) is 11.9. The average molecular weight is 545 g/mol. The minimum Gasteiger partial charge on any atom is -0.497 e. The van der Waals surface area contributed by atoms with Gasteiger partial charge in [-0.2, -0.15) is 18.4 Å². The topological polar surface area (TPSA) is 121 Å². The zero-order valence-electron chi connectivity index (χ0n) is 21.1. The Labute approximate surface area is 227 Å². The number of carbonyl (C=O) groups is 1. The number of nitrogens with one attached hydrogen (secondary N) is 1. The van der Waals surface area contributed by atoms with Gasteiger partial charge in [0.15, 0.2) is 0 Å². The molecule has 0 aromatic heterocycles. The molecule has 0 fully saturated rings. The minimum atomic E-state index is -4.88. The first kappa shape index (κ1) is 27.9. The molecule has 0 saturated carbocycles. The quantitative estimate of drug-likeness (QED) is 0.250. The highest BCUT2D eigenvalue weighted by Gasteiger charge is 2.32. The van der Waals surface area contributed by atoms with Gasteiger partial charge in [-0.1, -0.05) is 36.4 Å². The van der Waals surface area contributed by atoms with E-state index in [9.17, 15) is 23.1 Å². The second kappa shape index (κ2) is 11.7. The lowest BCUT2D eigenvalue weighted by Gasteiger charge is -2.15. The van der Waals surface area contributed by atoms with Crippen LogP contribution in [0.1, 0.15) is 22.8 Å². The third-order valence-corrected chi connectivity index (χ3v) is 5.92. The van der Waals surface area contributed by atoms with Crippen LogP contribution in [0.4, 0.5) is 24.5 Å². The van der Waals surface area contributed by atoms with Crippen molar-refractivity contribution in [2.45, 2.75) is 12.3 Å². The number of amides is 1. The number of nitrogens with zero attached hydrogens (tertiary/aromatic N) is 2. The number of halogens is 3. The fourth-order valence-electron chi connectivity index (χ4n) is 3.88. The van der Waals surface area contributed by atoms with Crippen LogP contribution in [0.5, 0.6) is 5.75 Å². The van der Waals surface area contributed by atoms with E-state index in [-0.39, 0.29) is 16.9 Å². The zero-order valence-corrected chi connectivity index (χ0v) is 21.1. The number of alkyl halides is 3. The summed E-state index contributed by atoms with van der Waals surface area (Å²) in [5.41, 5.74) is 4.57. The number of benzene rings is 4. The van der Waals surface area contributed by atoms with Gasteiger partial charge in [0.1, 0.15) is 23.3 Å². The number of methoxy groups -OCH3 is 1. The monoisotopic (exact) mass is 544 g/mol. The number of fused-ring (bicyclic) bond motifs is 1. The van der Waals surface area contributed by atoms with Gasteiger partial charge in [-0.15, -0.1) is 0 Å². The molecule has 40 heavy (non-hydrogen) atoms. The number of aliphatic hydroxyl groups is 1. The average Bonchev–Trinajstić information content (AvgIpc) is 2.95. The predicted molar refractivity (Wildman–Crippen MR) is 146 cm³/mol. The second-order valence-corrected chi connectivity index (χ2v) is 8.71. The molecule has 1 amide bonds. The predicted octanol–water partition coefficient (Wildman–Crippen LogP) is 5.92. The van der Waals surface area contributed by atoms with E-state index in [1.165, 1.54) is 36.4 Å². The lowest BCUT2D eigenvalue weighted by atomic mass is 9.98. The van der Waals surface area contributed by atoms with E-state index in [4.69, 9.17) is 15.7 Å². The molecule has 0 bridgehead atoms. The van der Waals surface area contributed by atoms with Gasteiger partial charge in [0.2, 0.25) is 0 Å². The van der Waals surface area contributed by atoms with Crippen molar-refractivity contribution in [3.63, 3.8) is 0 Å². The molecule has 0 aliphatic heterocycles. The highest BCUT2D eigenvalue weighted by atomic mass is 19.4. The van der Waals surface area contributed by atoms with Crippen LogP contribution >= 0.6 is 0 Å². The summed E-state index contributed by atoms with van der Waals surface area (Å²) in [7, 11) is 1.58. The third kappa shape index (κ3) is 6.64. The number of hydrogen-bond acceptors (Lipinski definition) is 6. The number of carbonyl (C=O) groups excluding carboxylic acids is 1. The summed E-state index contributed by atoms with van der Waals surface area (Å²) in [5, 5.41) is 24.5. The number of aliphatic imine (C=N–C) groups is 1. The van der Waals surface area contributed by atoms with Crippen LogP contribution in [-0.2, 0) is 4.79 Å². The molecule has 202 valence electrons. The van der Waals surface area contributed by atoms with Crippen LogP contribution in [0.3, 0.4) is 0 Å². The van der Waals surface area contributed by atoms with Crippen LogP contribution in [0.15, 0.2) is 102 Å². The highest BCUT2D eigenvalue weighted by molar-refractivity contribution is 6.47. The number of nitrogens with two attached hydrogens (primary N) is 1. The molecule has 10 heteroatoms. The Morgan fingerprint density at radius 1 is 1.02 bits per heavy atom. The van der Waals surface area contributed by atoms with Crippen LogP contribution in [0.25, 0.3) is 10.8 Å². The van der Waals surface area contributed by atoms with E-state index in [0.29, 0.717) is 23.0 Å². The van der Waals surface area contributed by atoms with E-state index < -0.39 is 29.6 Å². The first-order valence-electron chi connectivity index (χ1n) is 11.9. The molecule has 0 aliphatic rings. The maximum Gasteiger partial charge on any atom is 0.430 e. The van der Waals surface area contributed by atoms with Crippen LogP contribution in [0.2, 0.25) is 0 Å². The number of nitriles is 1. The lowest BCUT2D eigenvalue weighted by Crippen LogP contribution is -2.26. The molecule has 0 saturated heterocycles. The molecule has 0 aliphatic carbocycles. The van der Waals surface area contributed by atoms with Crippen molar-refractivity contribution in [1.29, 1.82) is 5.26 Å². The van der Waals surface area contributed by atoms with E-state index in [1.807, 2.05) is 36.4 Å². The summed E-state index contributed by atoms with van der Waals surface area (Å²) < 4.78 is 44.7. The van der Waals surface area contributed by atoms with Gasteiger partial charge < -0.3 is 20.9 Å². The summed E-state index contributed by atoms with van der Waals surface area (Å²) >= 11 is 0. The molecule has 4 rings (SSSR count). The van der Waals surface area contributed by atoms with Gasteiger partial charge in [0.05, 0.1) is 24.4 Å². The van der Waals surface area contributed by atoms with Gasteiger partial charge in [0.25, 0.3) is 5.91 Å². The Balaban J connectivity index is 1.62. The summed E-state index contributed by atoms with van der Waals surface area (Å²) in [6.45, 7) is 0.